The molecule has 1 aromatic carbocycles. The molecule has 15 heavy (non-hydrogen) atoms. The van der Waals surface area contributed by atoms with E-state index in [1.165, 1.54) is 11.3 Å². The largest absolute Gasteiger partial charge is 0.383 e. The summed E-state index contributed by atoms with van der Waals surface area (Å²) in [5, 5.41) is 3.50. The number of para-hydroxylation sites is 1. The molecule has 1 saturated heterocycles. The molecule has 3 heteroatoms. The summed E-state index contributed by atoms with van der Waals surface area (Å²) in [6.07, 6.45) is 0. The molecule has 2 aliphatic heterocycles. The summed E-state index contributed by atoms with van der Waals surface area (Å²) < 4.78 is 5.51. The summed E-state index contributed by atoms with van der Waals surface area (Å²) in [4.78, 5) is 2.52. The predicted octanol–water partition coefficient (Wildman–Crippen LogP) is 1.31. The van der Waals surface area contributed by atoms with Crippen LogP contribution in [-0.4, -0.2) is 37.2 Å². The predicted molar refractivity (Wildman–Crippen MR) is 59.9 cm³/mol. The first-order valence-corrected chi connectivity index (χ1v) is 5.57. The SMILES string of the molecule is c1ccc2c(c1)CN1CCOC[C@H]1CN2. The van der Waals surface area contributed by atoms with Crippen molar-refractivity contribution in [3.8, 4) is 0 Å². The Morgan fingerprint density at radius 3 is 3.27 bits per heavy atom. The van der Waals surface area contributed by atoms with Gasteiger partial charge in [-0.2, -0.15) is 0 Å². The van der Waals surface area contributed by atoms with E-state index in [-0.39, 0.29) is 0 Å². The van der Waals surface area contributed by atoms with E-state index >= 15 is 0 Å². The quantitative estimate of drug-likeness (QED) is 0.689. The van der Waals surface area contributed by atoms with E-state index in [0.29, 0.717) is 6.04 Å². The van der Waals surface area contributed by atoms with E-state index in [1.54, 1.807) is 0 Å². The number of hydrogen-bond acceptors (Lipinski definition) is 3. The van der Waals surface area contributed by atoms with Crippen LogP contribution in [0.1, 0.15) is 5.56 Å². The number of hydrogen-bond donors (Lipinski definition) is 1. The Kier molecular flexibility index (Phi) is 2.35. The van der Waals surface area contributed by atoms with Gasteiger partial charge in [0, 0.05) is 25.3 Å². The van der Waals surface area contributed by atoms with Crippen LogP contribution in [0.5, 0.6) is 0 Å². The van der Waals surface area contributed by atoms with Gasteiger partial charge in [-0.1, -0.05) is 18.2 Å². The molecule has 3 nitrogen and oxygen atoms in total. The first kappa shape index (κ1) is 9.19. The van der Waals surface area contributed by atoms with Crippen molar-refractivity contribution in [3.05, 3.63) is 29.8 Å². The lowest BCUT2D eigenvalue weighted by Gasteiger charge is -2.33. The molecule has 0 radical (unpaired) electrons. The zero-order valence-electron chi connectivity index (χ0n) is 8.78. The topological polar surface area (TPSA) is 24.5 Å². The molecule has 0 saturated carbocycles. The highest BCUT2D eigenvalue weighted by molar-refractivity contribution is 5.52. The standard InChI is InChI=1S/C12H16N2O/c1-2-4-12-10(3-1)8-14-5-6-15-9-11(14)7-13-12/h1-4,11,13H,5-9H2/t11-/m1/s1. The molecule has 0 bridgehead atoms. The number of fused-ring (bicyclic) bond motifs is 2. The summed E-state index contributed by atoms with van der Waals surface area (Å²) in [6, 6.07) is 9.11. The van der Waals surface area contributed by atoms with Crippen LogP contribution < -0.4 is 5.32 Å². The van der Waals surface area contributed by atoms with Crippen molar-refractivity contribution in [2.45, 2.75) is 12.6 Å². The summed E-state index contributed by atoms with van der Waals surface area (Å²) in [5.74, 6) is 0. The van der Waals surface area contributed by atoms with Gasteiger partial charge in [0.05, 0.1) is 19.3 Å². The number of morpholine rings is 1. The van der Waals surface area contributed by atoms with Gasteiger partial charge in [0.1, 0.15) is 0 Å². The molecule has 1 aromatic rings. The van der Waals surface area contributed by atoms with Crippen LogP contribution in [-0.2, 0) is 11.3 Å². The lowest BCUT2D eigenvalue weighted by Crippen LogP contribution is -2.46. The van der Waals surface area contributed by atoms with Crippen molar-refractivity contribution in [1.82, 2.24) is 4.90 Å². The number of nitrogens with one attached hydrogen (secondary N) is 1. The number of ether oxygens (including phenoxy) is 1. The number of benzene rings is 1. The third-order valence-corrected chi connectivity index (χ3v) is 3.27. The van der Waals surface area contributed by atoms with Gasteiger partial charge in [-0.05, 0) is 11.6 Å². The van der Waals surface area contributed by atoms with Crippen LogP contribution in [0, 0.1) is 0 Å². The molecular formula is C12H16N2O. The van der Waals surface area contributed by atoms with Crippen molar-refractivity contribution >= 4 is 5.69 Å². The average molecular weight is 204 g/mol. The van der Waals surface area contributed by atoms with Gasteiger partial charge in [0.15, 0.2) is 0 Å². The fourth-order valence-electron chi connectivity index (χ4n) is 2.36. The molecule has 0 aromatic heterocycles. The van der Waals surface area contributed by atoms with E-state index < -0.39 is 0 Å². The molecule has 80 valence electrons. The highest BCUT2D eigenvalue weighted by Crippen LogP contribution is 2.23. The Morgan fingerprint density at radius 2 is 2.27 bits per heavy atom. The van der Waals surface area contributed by atoms with Crippen LogP contribution >= 0.6 is 0 Å². The van der Waals surface area contributed by atoms with E-state index in [2.05, 4.69) is 34.5 Å². The Labute approximate surface area is 90.0 Å². The minimum Gasteiger partial charge on any atom is -0.383 e. The molecular weight excluding hydrogens is 188 g/mol. The van der Waals surface area contributed by atoms with Gasteiger partial charge in [-0.3, -0.25) is 4.90 Å². The minimum atomic E-state index is 0.533. The monoisotopic (exact) mass is 204 g/mol. The Balaban J connectivity index is 1.88. The Bertz CT molecular complexity index is 353. The smallest absolute Gasteiger partial charge is 0.0639 e. The maximum atomic E-state index is 5.51. The lowest BCUT2D eigenvalue weighted by atomic mass is 10.1. The van der Waals surface area contributed by atoms with Gasteiger partial charge < -0.3 is 10.1 Å². The molecule has 1 fully saturated rings. The third-order valence-electron chi connectivity index (χ3n) is 3.27. The maximum absolute atomic E-state index is 5.51. The van der Waals surface area contributed by atoms with Crippen molar-refractivity contribution < 1.29 is 4.74 Å². The van der Waals surface area contributed by atoms with Gasteiger partial charge >= 0.3 is 0 Å². The molecule has 1 N–H and O–H groups in total. The zero-order valence-corrected chi connectivity index (χ0v) is 8.78. The van der Waals surface area contributed by atoms with Crippen molar-refractivity contribution in [2.75, 3.05) is 31.6 Å². The summed E-state index contributed by atoms with van der Waals surface area (Å²) in [6.45, 7) is 4.84. The van der Waals surface area contributed by atoms with Gasteiger partial charge in [-0.25, -0.2) is 0 Å². The highest BCUT2D eigenvalue weighted by atomic mass is 16.5. The van der Waals surface area contributed by atoms with Crippen LogP contribution in [0.2, 0.25) is 0 Å². The Morgan fingerprint density at radius 1 is 1.33 bits per heavy atom. The molecule has 0 amide bonds. The molecule has 0 aliphatic carbocycles. The van der Waals surface area contributed by atoms with E-state index in [1.807, 2.05) is 0 Å². The summed E-state index contributed by atoms with van der Waals surface area (Å²) in [7, 11) is 0. The maximum Gasteiger partial charge on any atom is 0.0639 e. The zero-order chi connectivity index (χ0) is 10.1. The van der Waals surface area contributed by atoms with Crippen molar-refractivity contribution in [2.24, 2.45) is 0 Å². The molecule has 2 aliphatic rings. The minimum absolute atomic E-state index is 0.533. The summed E-state index contributed by atoms with van der Waals surface area (Å²) >= 11 is 0. The van der Waals surface area contributed by atoms with Gasteiger partial charge in [-0.15, -0.1) is 0 Å². The van der Waals surface area contributed by atoms with E-state index in [0.717, 1.165) is 32.8 Å². The third kappa shape index (κ3) is 1.73. The van der Waals surface area contributed by atoms with Gasteiger partial charge in [0.2, 0.25) is 0 Å². The number of anilines is 1. The fourth-order valence-corrected chi connectivity index (χ4v) is 2.36. The van der Waals surface area contributed by atoms with Crippen molar-refractivity contribution in [1.29, 1.82) is 0 Å². The van der Waals surface area contributed by atoms with E-state index in [9.17, 15) is 0 Å². The molecule has 0 spiro atoms. The molecule has 1 atom stereocenters. The molecule has 2 heterocycles. The fraction of sp³-hybridized carbons (Fsp3) is 0.500. The molecule has 0 unspecified atom stereocenters. The van der Waals surface area contributed by atoms with E-state index in [4.69, 9.17) is 4.74 Å². The van der Waals surface area contributed by atoms with Gasteiger partial charge in [0.25, 0.3) is 0 Å². The number of rotatable bonds is 0. The lowest BCUT2D eigenvalue weighted by molar-refractivity contribution is -0.00500. The summed E-state index contributed by atoms with van der Waals surface area (Å²) in [5.41, 5.74) is 2.69. The second-order valence-corrected chi connectivity index (χ2v) is 4.24. The Hall–Kier alpha value is -1.06. The molecule has 3 rings (SSSR count). The van der Waals surface area contributed by atoms with Crippen LogP contribution in [0.15, 0.2) is 24.3 Å². The second kappa shape index (κ2) is 3.83. The second-order valence-electron chi connectivity index (χ2n) is 4.24. The normalized spacial score (nSPS) is 26.0. The van der Waals surface area contributed by atoms with Crippen molar-refractivity contribution in [3.63, 3.8) is 0 Å². The highest BCUT2D eigenvalue weighted by Gasteiger charge is 2.25. The first-order valence-electron chi connectivity index (χ1n) is 5.57. The first-order chi connectivity index (χ1) is 7.43. The number of nitrogens with zero attached hydrogens (tertiary/aromatic N) is 1. The average Bonchev–Trinajstić information content (AvgIpc) is 2.48. The van der Waals surface area contributed by atoms with Crippen LogP contribution in [0.4, 0.5) is 5.69 Å². The van der Waals surface area contributed by atoms with Crippen LogP contribution in [0.3, 0.4) is 0 Å². The van der Waals surface area contributed by atoms with Crippen LogP contribution in [0.25, 0.3) is 0 Å².